The van der Waals surface area contributed by atoms with Crippen molar-refractivity contribution in [2.24, 2.45) is 5.73 Å². The number of rotatable bonds is 5. The second-order valence-corrected chi connectivity index (χ2v) is 5.96. The summed E-state index contributed by atoms with van der Waals surface area (Å²) in [5, 5.41) is 0. The quantitative estimate of drug-likeness (QED) is 0.609. The molecule has 6 heteroatoms. The van der Waals surface area contributed by atoms with E-state index in [9.17, 15) is 4.79 Å². The van der Waals surface area contributed by atoms with Crippen LogP contribution in [0.3, 0.4) is 0 Å². The Morgan fingerprint density at radius 2 is 2.00 bits per heavy atom. The van der Waals surface area contributed by atoms with Gasteiger partial charge in [-0.05, 0) is 46.5 Å². The Morgan fingerprint density at radius 1 is 1.37 bits per heavy atom. The zero-order valence-electron chi connectivity index (χ0n) is 12.5. The van der Waals surface area contributed by atoms with E-state index in [-0.39, 0.29) is 31.7 Å². The van der Waals surface area contributed by atoms with Crippen LogP contribution in [-0.4, -0.2) is 37.4 Å². The van der Waals surface area contributed by atoms with Crippen LogP contribution in [0.5, 0.6) is 0 Å². The lowest BCUT2D eigenvalue weighted by Gasteiger charge is -2.34. The highest BCUT2D eigenvalue weighted by molar-refractivity contribution is 6.44. The molecule has 0 aliphatic carbocycles. The standard InChI is InChI=1S/C13H26BNO4/c1-5-14-18-10(6-7-15)8-11(19-14)9-12(16)17-13(2,3)4/h10-11H,5-9,15H2,1-4H3/t10-,11-/m1/s1. The maximum atomic E-state index is 11.8. The number of hydrogen-bond donors (Lipinski definition) is 1. The molecule has 0 unspecified atom stereocenters. The Hall–Kier alpha value is -0.585. The van der Waals surface area contributed by atoms with Gasteiger partial charge in [-0.2, -0.15) is 0 Å². The first-order valence-corrected chi connectivity index (χ1v) is 7.07. The van der Waals surface area contributed by atoms with Crippen molar-refractivity contribution < 1.29 is 18.8 Å². The van der Waals surface area contributed by atoms with E-state index in [1.807, 2.05) is 27.7 Å². The first kappa shape index (κ1) is 16.5. The molecule has 1 heterocycles. The fraction of sp³-hybridized carbons (Fsp3) is 0.923. The molecule has 0 aromatic rings. The summed E-state index contributed by atoms with van der Waals surface area (Å²) in [5.41, 5.74) is 5.11. The molecule has 1 fully saturated rings. The molecule has 0 bridgehead atoms. The van der Waals surface area contributed by atoms with Crippen molar-refractivity contribution >= 4 is 13.1 Å². The van der Waals surface area contributed by atoms with Gasteiger partial charge in [0.05, 0.1) is 12.5 Å². The van der Waals surface area contributed by atoms with Crippen molar-refractivity contribution in [3.8, 4) is 0 Å². The molecule has 0 spiro atoms. The summed E-state index contributed by atoms with van der Waals surface area (Å²) in [7, 11) is -0.238. The largest absolute Gasteiger partial charge is 0.460 e. The highest BCUT2D eigenvalue weighted by Crippen LogP contribution is 2.23. The fourth-order valence-corrected chi connectivity index (χ4v) is 2.13. The molecule has 2 atom stereocenters. The molecule has 1 saturated heterocycles. The molecule has 0 aromatic carbocycles. The Balaban J connectivity index is 2.49. The third kappa shape index (κ3) is 6.41. The van der Waals surface area contributed by atoms with Crippen LogP contribution in [0.25, 0.3) is 0 Å². The minimum Gasteiger partial charge on any atom is -0.460 e. The number of carbonyl (C=O) groups excluding carboxylic acids is 1. The monoisotopic (exact) mass is 271 g/mol. The summed E-state index contributed by atoms with van der Waals surface area (Å²) in [6, 6.07) is 0. The summed E-state index contributed by atoms with van der Waals surface area (Å²) < 4.78 is 16.8. The molecule has 0 amide bonds. The van der Waals surface area contributed by atoms with Crippen molar-refractivity contribution in [2.45, 2.75) is 71.1 Å². The van der Waals surface area contributed by atoms with Crippen LogP contribution in [0.15, 0.2) is 0 Å². The maximum Gasteiger partial charge on any atom is 0.456 e. The van der Waals surface area contributed by atoms with Crippen LogP contribution in [0.4, 0.5) is 0 Å². The molecule has 1 rings (SSSR count). The Labute approximate surface area is 116 Å². The number of ether oxygens (including phenoxy) is 1. The normalized spacial score (nSPS) is 24.4. The van der Waals surface area contributed by atoms with Gasteiger partial charge in [0, 0.05) is 6.10 Å². The van der Waals surface area contributed by atoms with Gasteiger partial charge in [-0.1, -0.05) is 6.92 Å². The summed E-state index contributed by atoms with van der Waals surface area (Å²) in [5.74, 6) is -0.222. The lowest BCUT2D eigenvalue weighted by atomic mass is 9.82. The molecule has 5 nitrogen and oxygen atoms in total. The van der Waals surface area contributed by atoms with E-state index < -0.39 is 5.60 Å². The van der Waals surface area contributed by atoms with E-state index in [1.54, 1.807) is 0 Å². The summed E-state index contributed by atoms with van der Waals surface area (Å²) >= 11 is 0. The van der Waals surface area contributed by atoms with E-state index in [1.165, 1.54) is 0 Å². The average molecular weight is 271 g/mol. The Kier molecular flexibility index (Phi) is 6.30. The van der Waals surface area contributed by atoms with Crippen molar-refractivity contribution in [1.82, 2.24) is 0 Å². The van der Waals surface area contributed by atoms with Crippen LogP contribution >= 0.6 is 0 Å². The smallest absolute Gasteiger partial charge is 0.456 e. The van der Waals surface area contributed by atoms with Gasteiger partial charge in [-0.15, -0.1) is 0 Å². The lowest BCUT2D eigenvalue weighted by Crippen LogP contribution is -2.43. The predicted molar refractivity (Wildman–Crippen MR) is 74.7 cm³/mol. The lowest BCUT2D eigenvalue weighted by molar-refractivity contribution is -0.157. The molecule has 2 N–H and O–H groups in total. The van der Waals surface area contributed by atoms with Crippen molar-refractivity contribution in [3.63, 3.8) is 0 Å². The first-order valence-electron chi connectivity index (χ1n) is 7.07. The van der Waals surface area contributed by atoms with E-state index in [4.69, 9.17) is 19.8 Å². The van der Waals surface area contributed by atoms with Gasteiger partial charge in [-0.25, -0.2) is 0 Å². The Bertz CT molecular complexity index is 293. The van der Waals surface area contributed by atoms with Crippen LogP contribution < -0.4 is 5.73 Å². The molecular formula is C13H26BNO4. The number of nitrogens with two attached hydrogens (primary N) is 1. The zero-order chi connectivity index (χ0) is 14.5. The third-order valence-electron chi connectivity index (χ3n) is 2.85. The van der Waals surface area contributed by atoms with Crippen LogP contribution in [-0.2, 0) is 18.8 Å². The highest BCUT2D eigenvalue weighted by Gasteiger charge is 2.34. The predicted octanol–water partition coefficient (Wildman–Crippen LogP) is 1.75. The molecule has 0 saturated carbocycles. The molecule has 110 valence electrons. The zero-order valence-corrected chi connectivity index (χ0v) is 12.5. The highest BCUT2D eigenvalue weighted by atomic mass is 16.6. The molecule has 0 aromatic heterocycles. The number of esters is 1. The average Bonchev–Trinajstić information content (AvgIpc) is 2.26. The van der Waals surface area contributed by atoms with Gasteiger partial charge in [-0.3, -0.25) is 4.79 Å². The first-order chi connectivity index (χ1) is 8.84. The molecule has 1 aliphatic rings. The van der Waals surface area contributed by atoms with E-state index >= 15 is 0 Å². The SMILES string of the molecule is CCB1O[C@H](CCN)C[C@H](CC(=O)OC(C)(C)C)O1. The molecule has 19 heavy (non-hydrogen) atoms. The summed E-state index contributed by atoms with van der Waals surface area (Å²) in [6.45, 7) is 8.17. The number of hydrogen-bond acceptors (Lipinski definition) is 5. The minimum absolute atomic E-state index is 0.0798. The Morgan fingerprint density at radius 3 is 2.53 bits per heavy atom. The van der Waals surface area contributed by atoms with Gasteiger partial charge < -0.3 is 19.8 Å². The van der Waals surface area contributed by atoms with Gasteiger partial charge in [0.2, 0.25) is 0 Å². The van der Waals surface area contributed by atoms with E-state index in [0.29, 0.717) is 13.0 Å². The minimum atomic E-state index is -0.455. The molecule has 1 aliphatic heterocycles. The molecule has 0 radical (unpaired) electrons. The fourth-order valence-electron chi connectivity index (χ4n) is 2.13. The molecular weight excluding hydrogens is 245 g/mol. The number of carbonyl (C=O) groups is 1. The van der Waals surface area contributed by atoms with Gasteiger partial charge in [0.1, 0.15) is 5.60 Å². The van der Waals surface area contributed by atoms with Gasteiger partial charge >= 0.3 is 13.1 Å². The van der Waals surface area contributed by atoms with Gasteiger partial charge in [0.15, 0.2) is 0 Å². The van der Waals surface area contributed by atoms with Crippen LogP contribution in [0.2, 0.25) is 6.32 Å². The maximum absolute atomic E-state index is 11.8. The van der Waals surface area contributed by atoms with Crippen molar-refractivity contribution in [1.29, 1.82) is 0 Å². The third-order valence-corrected chi connectivity index (χ3v) is 2.85. The summed E-state index contributed by atoms with van der Waals surface area (Å²) in [6.07, 6.45) is 2.49. The van der Waals surface area contributed by atoms with Crippen molar-refractivity contribution in [2.75, 3.05) is 6.54 Å². The topological polar surface area (TPSA) is 70.8 Å². The van der Waals surface area contributed by atoms with E-state index in [0.717, 1.165) is 12.7 Å². The van der Waals surface area contributed by atoms with E-state index in [2.05, 4.69) is 0 Å². The summed E-state index contributed by atoms with van der Waals surface area (Å²) in [4.78, 5) is 11.8. The van der Waals surface area contributed by atoms with Crippen LogP contribution in [0.1, 0.15) is 47.0 Å². The van der Waals surface area contributed by atoms with Gasteiger partial charge in [0.25, 0.3) is 0 Å². The van der Waals surface area contributed by atoms with Crippen molar-refractivity contribution in [3.05, 3.63) is 0 Å². The van der Waals surface area contributed by atoms with Crippen LogP contribution in [0, 0.1) is 0 Å². The second kappa shape index (κ2) is 7.26. The second-order valence-electron chi connectivity index (χ2n) is 5.96.